The van der Waals surface area contributed by atoms with E-state index < -0.39 is 38.9 Å². The molecule has 2 aromatic rings. The molecule has 0 aliphatic rings. The Balaban J connectivity index is 2.67. The molecule has 0 aliphatic carbocycles. The molecule has 0 aliphatic heterocycles. The van der Waals surface area contributed by atoms with E-state index in [0.29, 0.717) is 23.2 Å². The molecule has 0 radical (unpaired) electrons. The molecule has 5 nitrogen and oxygen atoms in total. The summed E-state index contributed by atoms with van der Waals surface area (Å²) in [5, 5.41) is 14.4. The van der Waals surface area contributed by atoms with E-state index in [4.69, 9.17) is 11.6 Å². The van der Waals surface area contributed by atoms with E-state index in [-0.39, 0.29) is 12.1 Å². The Morgan fingerprint density at radius 2 is 1.90 bits per heavy atom. The van der Waals surface area contributed by atoms with Crippen LogP contribution in [-0.4, -0.2) is 14.7 Å². The summed E-state index contributed by atoms with van der Waals surface area (Å²) < 4.78 is 40.6. The molecule has 0 bridgehead atoms. The minimum Gasteiger partial charge on any atom is -0.258 e. The average molecular weight is 320 g/mol. The predicted molar refractivity (Wildman–Crippen MR) is 69.1 cm³/mol. The van der Waals surface area contributed by atoms with Gasteiger partial charge in [-0.15, -0.1) is 0 Å². The number of hydrogen-bond acceptors (Lipinski definition) is 3. The quantitative estimate of drug-likeness (QED) is 0.489. The second-order valence-corrected chi connectivity index (χ2v) is 4.58. The van der Waals surface area contributed by atoms with Gasteiger partial charge in [0, 0.05) is 12.1 Å². The van der Waals surface area contributed by atoms with Crippen molar-refractivity contribution in [3.05, 3.63) is 50.5 Å². The van der Waals surface area contributed by atoms with Crippen molar-refractivity contribution in [3.63, 3.8) is 0 Å². The van der Waals surface area contributed by atoms with E-state index >= 15 is 0 Å². The normalized spacial score (nSPS) is 10.9. The van der Waals surface area contributed by atoms with Gasteiger partial charge in [-0.25, -0.2) is 17.9 Å². The van der Waals surface area contributed by atoms with Crippen molar-refractivity contribution in [3.8, 4) is 5.69 Å². The van der Waals surface area contributed by atoms with Crippen LogP contribution in [0.1, 0.15) is 19.0 Å². The zero-order chi connectivity index (χ0) is 15.7. The van der Waals surface area contributed by atoms with E-state index in [1.54, 1.807) is 6.92 Å². The van der Waals surface area contributed by atoms with Gasteiger partial charge >= 0.3 is 5.69 Å². The molecule has 0 spiro atoms. The van der Waals surface area contributed by atoms with Gasteiger partial charge in [0.25, 0.3) is 0 Å². The van der Waals surface area contributed by atoms with Crippen LogP contribution in [0, 0.1) is 27.6 Å². The number of nitro groups is 1. The van der Waals surface area contributed by atoms with Crippen molar-refractivity contribution in [2.45, 2.75) is 19.8 Å². The summed E-state index contributed by atoms with van der Waals surface area (Å²) in [6.45, 7) is 1.77. The highest BCUT2D eigenvalue weighted by Crippen LogP contribution is 2.32. The SMILES string of the molecule is CCCc1nn(-c2cc(F)c(F)cc2F)c(Cl)c1[N+](=O)[O-]. The van der Waals surface area contributed by atoms with Gasteiger partial charge in [-0.1, -0.05) is 24.9 Å². The Kier molecular flexibility index (Phi) is 4.17. The van der Waals surface area contributed by atoms with Crippen molar-refractivity contribution in [1.29, 1.82) is 0 Å². The number of hydrogen-bond donors (Lipinski definition) is 0. The van der Waals surface area contributed by atoms with Crippen LogP contribution in [0.2, 0.25) is 5.15 Å². The lowest BCUT2D eigenvalue weighted by molar-refractivity contribution is -0.385. The summed E-state index contributed by atoms with van der Waals surface area (Å²) in [4.78, 5) is 10.3. The maximum absolute atomic E-state index is 13.7. The Morgan fingerprint density at radius 3 is 2.48 bits per heavy atom. The Morgan fingerprint density at radius 1 is 1.29 bits per heavy atom. The van der Waals surface area contributed by atoms with Crippen LogP contribution in [0.15, 0.2) is 12.1 Å². The summed E-state index contributed by atoms with van der Waals surface area (Å²) in [7, 11) is 0. The first-order valence-electron chi connectivity index (χ1n) is 5.93. The van der Waals surface area contributed by atoms with Gasteiger partial charge in [-0.3, -0.25) is 10.1 Å². The molecule has 0 unspecified atom stereocenters. The zero-order valence-corrected chi connectivity index (χ0v) is 11.5. The maximum atomic E-state index is 13.7. The van der Waals surface area contributed by atoms with Crippen LogP contribution in [0.4, 0.5) is 18.9 Å². The first kappa shape index (κ1) is 15.3. The molecule has 1 aromatic heterocycles. The molecular formula is C12H9ClF3N3O2. The van der Waals surface area contributed by atoms with Crippen molar-refractivity contribution >= 4 is 17.3 Å². The summed E-state index contributed by atoms with van der Waals surface area (Å²) in [6.07, 6.45) is 0.794. The first-order valence-corrected chi connectivity index (χ1v) is 6.31. The molecule has 0 amide bonds. The van der Waals surface area contributed by atoms with Gasteiger partial charge in [0.2, 0.25) is 5.15 Å². The van der Waals surface area contributed by atoms with Crippen LogP contribution < -0.4 is 0 Å². The average Bonchev–Trinajstić information content (AvgIpc) is 2.71. The number of aromatic nitrogens is 2. The molecule has 0 N–H and O–H groups in total. The van der Waals surface area contributed by atoms with Gasteiger partial charge in [-0.05, 0) is 6.42 Å². The van der Waals surface area contributed by atoms with E-state index in [9.17, 15) is 23.3 Å². The fourth-order valence-electron chi connectivity index (χ4n) is 1.85. The third-order valence-electron chi connectivity index (χ3n) is 2.76. The highest BCUT2D eigenvalue weighted by Gasteiger charge is 2.28. The molecule has 1 aromatic carbocycles. The Bertz CT molecular complexity index is 718. The van der Waals surface area contributed by atoms with E-state index in [1.807, 2.05) is 0 Å². The zero-order valence-electron chi connectivity index (χ0n) is 10.7. The van der Waals surface area contributed by atoms with Gasteiger partial charge in [0.05, 0.1) is 4.92 Å². The fourth-order valence-corrected chi connectivity index (χ4v) is 2.16. The predicted octanol–water partition coefficient (Wildman–Crippen LogP) is 3.80. The highest BCUT2D eigenvalue weighted by atomic mass is 35.5. The number of aryl methyl sites for hydroxylation is 1. The summed E-state index contributed by atoms with van der Waals surface area (Å²) >= 11 is 5.83. The van der Waals surface area contributed by atoms with Crippen LogP contribution in [0.3, 0.4) is 0 Å². The molecule has 21 heavy (non-hydrogen) atoms. The lowest BCUT2D eigenvalue weighted by Crippen LogP contribution is -2.03. The lowest BCUT2D eigenvalue weighted by atomic mass is 10.2. The van der Waals surface area contributed by atoms with E-state index in [1.165, 1.54) is 0 Å². The molecule has 0 atom stereocenters. The molecule has 112 valence electrons. The molecule has 0 fully saturated rings. The second-order valence-electron chi connectivity index (χ2n) is 4.22. The van der Waals surface area contributed by atoms with Crippen molar-refractivity contribution in [2.24, 2.45) is 0 Å². The Labute approximate surface area is 122 Å². The van der Waals surface area contributed by atoms with Gasteiger partial charge in [-0.2, -0.15) is 5.10 Å². The molecular weight excluding hydrogens is 311 g/mol. The van der Waals surface area contributed by atoms with Crippen LogP contribution in [0.25, 0.3) is 5.69 Å². The largest absolute Gasteiger partial charge is 0.329 e. The lowest BCUT2D eigenvalue weighted by Gasteiger charge is -2.04. The first-order chi connectivity index (χ1) is 9.86. The Hall–Kier alpha value is -2.09. The third kappa shape index (κ3) is 2.71. The summed E-state index contributed by atoms with van der Waals surface area (Å²) in [5.41, 5.74) is -0.913. The van der Waals surface area contributed by atoms with Crippen molar-refractivity contribution < 1.29 is 18.1 Å². The fraction of sp³-hybridized carbons (Fsp3) is 0.250. The van der Waals surface area contributed by atoms with E-state index in [0.717, 1.165) is 0 Å². The van der Waals surface area contributed by atoms with Crippen LogP contribution in [-0.2, 0) is 6.42 Å². The number of nitrogens with zero attached hydrogens (tertiary/aromatic N) is 3. The van der Waals surface area contributed by atoms with Gasteiger partial charge < -0.3 is 0 Å². The summed E-state index contributed by atoms with van der Waals surface area (Å²) in [5.74, 6) is -3.81. The van der Waals surface area contributed by atoms with Crippen molar-refractivity contribution in [2.75, 3.05) is 0 Å². The molecule has 9 heteroatoms. The minimum absolute atomic E-state index is 0.0524. The number of halogens is 4. The monoisotopic (exact) mass is 319 g/mol. The summed E-state index contributed by atoms with van der Waals surface area (Å²) in [6, 6.07) is 0.872. The molecule has 0 saturated heterocycles. The number of rotatable bonds is 4. The smallest absolute Gasteiger partial charge is 0.258 e. The van der Waals surface area contributed by atoms with Crippen molar-refractivity contribution in [1.82, 2.24) is 9.78 Å². The highest BCUT2D eigenvalue weighted by molar-refractivity contribution is 6.32. The van der Waals surface area contributed by atoms with Crippen LogP contribution in [0.5, 0.6) is 0 Å². The third-order valence-corrected chi connectivity index (χ3v) is 3.10. The second kappa shape index (κ2) is 5.72. The number of benzene rings is 1. The van der Waals surface area contributed by atoms with Crippen LogP contribution >= 0.6 is 11.6 Å². The standard InChI is InChI=1S/C12H9ClF3N3O2/c1-2-3-9-11(19(20)21)12(13)18(17-9)10-5-7(15)6(14)4-8(10)16/h4-5H,2-3H2,1H3. The molecule has 2 rings (SSSR count). The topological polar surface area (TPSA) is 61.0 Å². The molecule has 0 saturated carbocycles. The molecule has 1 heterocycles. The minimum atomic E-state index is -1.37. The van der Waals surface area contributed by atoms with Gasteiger partial charge in [0.15, 0.2) is 17.5 Å². The van der Waals surface area contributed by atoms with E-state index in [2.05, 4.69) is 5.10 Å². The maximum Gasteiger partial charge on any atom is 0.329 e. The van der Waals surface area contributed by atoms with Gasteiger partial charge in [0.1, 0.15) is 11.4 Å².